The van der Waals surface area contributed by atoms with Gasteiger partial charge in [0.15, 0.2) is 12.2 Å². The van der Waals surface area contributed by atoms with E-state index in [0.717, 1.165) is 120 Å². The first kappa shape index (κ1) is 93.1. The van der Waals surface area contributed by atoms with Crippen LogP contribution in [0.15, 0.2) is 0 Å². The smallest absolute Gasteiger partial charge is 0.462 e. The Kier molecular flexibility index (Phi) is 64.0. The first-order chi connectivity index (χ1) is 45.7. The molecule has 3 N–H and O–H groups in total. The lowest BCUT2D eigenvalue weighted by molar-refractivity contribution is -0.161. The number of phosphoric acid groups is 2. The molecule has 0 radical (unpaired) electrons. The predicted molar refractivity (Wildman–Crippen MR) is 386 cm³/mol. The lowest BCUT2D eigenvalue weighted by Gasteiger charge is -2.21. The van der Waals surface area contributed by atoms with Gasteiger partial charge in [-0.15, -0.1) is 0 Å². The molecule has 0 rings (SSSR count). The summed E-state index contributed by atoms with van der Waals surface area (Å²) in [6.45, 7) is 14.2. The second-order valence-electron chi connectivity index (χ2n) is 28.6. The number of aliphatic hydroxyl groups is 1. The Labute approximate surface area is 581 Å². The molecule has 0 saturated heterocycles. The van der Waals surface area contributed by atoms with Crippen LogP contribution in [0.4, 0.5) is 0 Å². The number of ether oxygens (including phenoxy) is 4. The van der Waals surface area contributed by atoms with Gasteiger partial charge in [-0.3, -0.25) is 37.3 Å². The van der Waals surface area contributed by atoms with E-state index in [2.05, 4.69) is 55.4 Å². The molecule has 0 aromatic carbocycles. The summed E-state index contributed by atoms with van der Waals surface area (Å²) in [5, 5.41) is 10.6. The zero-order chi connectivity index (χ0) is 70.3. The summed E-state index contributed by atoms with van der Waals surface area (Å²) >= 11 is 0. The van der Waals surface area contributed by atoms with Crippen molar-refractivity contribution in [3.8, 4) is 0 Å². The monoisotopic (exact) mass is 1400 g/mol. The highest BCUT2D eigenvalue weighted by Gasteiger charge is 2.30. The number of carbonyl (C=O) groups excluding carboxylic acids is 4. The molecule has 95 heavy (non-hydrogen) atoms. The van der Waals surface area contributed by atoms with Crippen LogP contribution in [0.3, 0.4) is 0 Å². The molecule has 19 heteroatoms. The number of carbonyl (C=O) groups is 4. The van der Waals surface area contributed by atoms with E-state index in [9.17, 15) is 43.2 Å². The third-order valence-electron chi connectivity index (χ3n) is 18.7. The van der Waals surface area contributed by atoms with E-state index in [-0.39, 0.29) is 25.7 Å². The first-order valence-electron chi connectivity index (χ1n) is 39.3. The number of rotatable bonds is 73. The van der Waals surface area contributed by atoms with Crippen LogP contribution in [0.25, 0.3) is 0 Å². The maximum Gasteiger partial charge on any atom is 0.472 e. The minimum Gasteiger partial charge on any atom is -0.462 e. The van der Waals surface area contributed by atoms with Gasteiger partial charge in [0.1, 0.15) is 19.3 Å². The van der Waals surface area contributed by atoms with Crippen molar-refractivity contribution in [3.63, 3.8) is 0 Å². The molecule has 0 amide bonds. The van der Waals surface area contributed by atoms with Gasteiger partial charge in [0.05, 0.1) is 26.4 Å². The Morgan fingerprint density at radius 3 is 0.747 bits per heavy atom. The summed E-state index contributed by atoms with van der Waals surface area (Å²) in [5.41, 5.74) is 0. The molecule has 0 aliphatic rings. The van der Waals surface area contributed by atoms with E-state index in [4.69, 9.17) is 37.0 Å². The molecular weight excluding hydrogens is 1250 g/mol. The molecule has 0 aliphatic carbocycles. The normalized spacial score (nSPS) is 15.0. The Morgan fingerprint density at radius 2 is 0.505 bits per heavy atom. The molecule has 0 heterocycles. The number of esters is 4. The predicted octanol–water partition coefficient (Wildman–Crippen LogP) is 22.0. The number of unbranched alkanes of at least 4 members (excludes halogenated alkanes) is 36. The van der Waals surface area contributed by atoms with E-state index in [1.807, 2.05) is 0 Å². The summed E-state index contributed by atoms with van der Waals surface area (Å²) in [5.74, 6) is 0.972. The number of hydrogen-bond acceptors (Lipinski definition) is 15. The van der Waals surface area contributed by atoms with Crippen LogP contribution in [0.2, 0.25) is 0 Å². The molecule has 0 aliphatic heterocycles. The van der Waals surface area contributed by atoms with E-state index in [1.165, 1.54) is 180 Å². The molecule has 0 spiro atoms. The lowest BCUT2D eigenvalue weighted by Crippen LogP contribution is -2.30. The maximum atomic E-state index is 13.1. The quantitative estimate of drug-likeness (QED) is 0.0222. The fraction of sp³-hybridized carbons (Fsp3) is 0.947. The second-order valence-corrected chi connectivity index (χ2v) is 31.5. The molecule has 564 valence electrons. The van der Waals surface area contributed by atoms with Gasteiger partial charge >= 0.3 is 39.5 Å². The summed E-state index contributed by atoms with van der Waals surface area (Å²) in [6.07, 6.45) is 50.1. The van der Waals surface area contributed by atoms with Crippen LogP contribution >= 0.6 is 15.6 Å². The number of aliphatic hydroxyl groups excluding tert-OH is 1. The molecular formula is C76H148O17P2. The zero-order valence-electron chi connectivity index (χ0n) is 62.3. The molecule has 5 unspecified atom stereocenters. The van der Waals surface area contributed by atoms with E-state index >= 15 is 0 Å². The van der Waals surface area contributed by atoms with Crippen LogP contribution in [0.5, 0.6) is 0 Å². The average Bonchev–Trinajstić information content (AvgIpc) is 1.97. The van der Waals surface area contributed by atoms with Crippen molar-refractivity contribution in [1.29, 1.82) is 0 Å². The summed E-state index contributed by atoms with van der Waals surface area (Å²) < 4.78 is 68.5. The largest absolute Gasteiger partial charge is 0.472 e. The van der Waals surface area contributed by atoms with Gasteiger partial charge in [-0.1, -0.05) is 331 Å². The Balaban J connectivity index is 5.18. The molecule has 17 nitrogen and oxygen atoms in total. The topological polar surface area (TPSA) is 237 Å². The SMILES string of the molecule is CCC(C)CCCCCCCCCCCCCCCCCCCCC(=O)O[C@H](COC(=O)CCCCCCCCCCC(C)C)COP(=O)(O)OC[C@@H](O)COP(=O)(O)OC[C@@H](COC(=O)CCCCCCCCC(C)CC)OC(=O)CCCCCCCCCCC(C)CC. The van der Waals surface area contributed by atoms with Gasteiger partial charge in [-0.2, -0.15) is 0 Å². The van der Waals surface area contributed by atoms with Gasteiger partial charge in [0.2, 0.25) is 0 Å². The van der Waals surface area contributed by atoms with E-state index < -0.39 is 97.5 Å². The molecule has 8 atom stereocenters. The Morgan fingerprint density at radius 1 is 0.295 bits per heavy atom. The van der Waals surface area contributed by atoms with Gasteiger partial charge in [-0.05, 0) is 49.4 Å². The maximum absolute atomic E-state index is 13.1. The first-order valence-corrected chi connectivity index (χ1v) is 42.3. The fourth-order valence-electron chi connectivity index (χ4n) is 11.5. The zero-order valence-corrected chi connectivity index (χ0v) is 64.1. The third-order valence-corrected chi connectivity index (χ3v) is 20.6. The summed E-state index contributed by atoms with van der Waals surface area (Å²) in [7, 11) is -9.91. The highest BCUT2D eigenvalue weighted by Crippen LogP contribution is 2.45. The van der Waals surface area contributed by atoms with Gasteiger partial charge in [0, 0.05) is 25.7 Å². The molecule has 0 aromatic heterocycles. The van der Waals surface area contributed by atoms with Gasteiger partial charge in [-0.25, -0.2) is 9.13 Å². The van der Waals surface area contributed by atoms with Crippen molar-refractivity contribution in [2.45, 2.75) is 401 Å². The Bertz CT molecular complexity index is 1870. The highest BCUT2D eigenvalue weighted by atomic mass is 31.2. The third kappa shape index (κ3) is 66.4. The molecule has 0 saturated carbocycles. The van der Waals surface area contributed by atoms with Crippen molar-refractivity contribution < 1.29 is 80.2 Å². The van der Waals surface area contributed by atoms with Crippen LogP contribution in [-0.2, 0) is 65.4 Å². The van der Waals surface area contributed by atoms with E-state index in [0.29, 0.717) is 25.7 Å². The van der Waals surface area contributed by atoms with E-state index in [1.54, 1.807) is 0 Å². The molecule has 0 bridgehead atoms. The number of hydrogen-bond donors (Lipinski definition) is 3. The molecule has 0 fully saturated rings. The van der Waals surface area contributed by atoms with Gasteiger partial charge in [0.25, 0.3) is 0 Å². The molecule has 0 aromatic rings. The number of phosphoric ester groups is 2. The average molecular weight is 1400 g/mol. The Hall–Kier alpha value is -1.94. The van der Waals surface area contributed by atoms with Crippen molar-refractivity contribution in [1.82, 2.24) is 0 Å². The summed E-state index contributed by atoms with van der Waals surface area (Å²) in [4.78, 5) is 72.7. The van der Waals surface area contributed by atoms with Crippen molar-refractivity contribution >= 4 is 39.5 Å². The van der Waals surface area contributed by atoms with Crippen LogP contribution in [0, 0.1) is 23.7 Å². The minimum absolute atomic E-state index is 0.104. The minimum atomic E-state index is -4.96. The lowest BCUT2D eigenvalue weighted by atomic mass is 9.99. The summed E-state index contributed by atoms with van der Waals surface area (Å²) in [6, 6.07) is 0. The highest BCUT2D eigenvalue weighted by molar-refractivity contribution is 7.47. The fourth-order valence-corrected chi connectivity index (χ4v) is 13.0. The van der Waals surface area contributed by atoms with Crippen molar-refractivity contribution in [2.75, 3.05) is 39.6 Å². The standard InChI is InChI=1S/C76H148O17P2/c1-9-67(6)53-45-37-29-22-20-18-16-14-12-13-15-17-19-21-23-32-42-50-58-75(80)92-71(62-86-73(78)56-48-40-31-26-24-28-36-44-52-66(4)5)64-90-94(82,83)88-60-70(77)61-89-95(84,85)91-65-72(63-87-74(79)57-49-41-35-34-39-47-55-69(8)11-3)93-76(81)59-51-43-33-27-25-30-38-46-54-68(7)10-2/h66-72,77H,9-65H2,1-8H3,(H,82,83)(H,84,85)/t67?,68?,69?,70-,71-,72-/m1/s1. The van der Waals surface area contributed by atoms with Crippen molar-refractivity contribution in [2.24, 2.45) is 23.7 Å². The van der Waals surface area contributed by atoms with Crippen LogP contribution in [-0.4, -0.2) is 96.7 Å². The van der Waals surface area contributed by atoms with Gasteiger partial charge < -0.3 is 33.8 Å². The van der Waals surface area contributed by atoms with Crippen molar-refractivity contribution in [3.05, 3.63) is 0 Å². The van der Waals surface area contributed by atoms with Crippen LogP contribution in [0.1, 0.15) is 383 Å². The van der Waals surface area contributed by atoms with Crippen LogP contribution < -0.4 is 0 Å². The second kappa shape index (κ2) is 65.4.